The first kappa shape index (κ1) is 21.8. The Hall–Kier alpha value is -0.163. The molecule has 0 aliphatic rings. The third-order valence-electron chi connectivity index (χ3n) is 4.09. The van der Waals surface area contributed by atoms with Crippen LogP contribution in [0.4, 0.5) is 0 Å². The molecule has 0 N–H and O–H groups in total. The van der Waals surface area contributed by atoms with Crippen molar-refractivity contribution in [1.29, 1.82) is 0 Å². The van der Waals surface area contributed by atoms with E-state index in [2.05, 4.69) is 6.92 Å². The first-order chi connectivity index (χ1) is 10.7. The molecule has 0 aliphatic carbocycles. The molecule has 0 aromatic heterocycles. The average Bonchev–Trinajstić information content (AvgIpc) is 2.55. The molecule has 0 rings (SSSR count). The molecule has 0 amide bonds. The van der Waals surface area contributed by atoms with Crippen LogP contribution >= 0.6 is 0 Å². The van der Waals surface area contributed by atoms with Gasteiger partial charge in [0.15, 0.2) is 0 Å². The predicted molar refractivity (Wildman–Crippen MR) is 97.2 cm³/mol. The SMILES string of the molecule is CC=CCO[Si](CCCCCCCCCCCC)(OC)OC. The third-order valence-corrected chi connectivity index (χ3v) is 6.91. The fraction of sp³-hybridized carbons (Fsp3) is 0.889. The molecule has 0 spiro atoms. The van der Waals surface area contributed by atoms with E-state index in [1.165, 1.54) is 57.8 Å². The normalized spacial score (nSPS) is 12.4. The van der Waals surface area contributed by atoms with Gasteiger partial charge in [0.1, 0.15) is 0 Å². The van der Waals surface area contributed by atoms with Gasteiger partial charge in [-0.2, -0.15) is 0 Å². The molecule has 0 heterocycles. The molecule has 0 fully saturated rings. The zero-order chi connectivity index (χ0) is 16.5. The van der Waals surface area contributed by atoms with Crippen LogP contribution in [0.3, 0.4) is 0 Å². The Labute approximate surface area is 139 Å². The highest BCUT2D eigenvalue weighted by atomic mass is 28.4. The molecule has 0 aromatic rings. The van der Waals surface area contributed by atoms with Crippen LogP contribution in [-0.2, 0) is 13.3 Å². The standard InChI is InChI=1S/C18H38O3Si/c1-5-7-9-10-11-12-13-14-15-16-18-22(19-3,20-4)21-17-8-6-2/h6,8H,5,7,9-18H2,1-4H3. The van der Waals surface area contributed by atoms with Gasteiger partial charge < -0.3 is 13.3 Å². The lowest BCUT2D eigenvalue weighted by Crippen LogP contribution is -2.43. The molecule has 4 heteroatoms. The molecule has 3 nitrogen and oxygen atoms in total. The molecule has 0 atom stereocenters. The largest absolute Gasteiger partial charge is 0.500 e. The van der Waals surface area contributed by atoms with Gasteiger partial charge in [-0.25, -0.2) is 0 Å². The number of unbranched alkanes of at least 4 members (excludes halogenated alkanes) is 9. The van der Waals surface area contributed by atoms with Crippen molar-refractivity contribution in [2.24, 2.45) is 0 Å². The Bertz CT molecular complexity index is 253. The minimum absolute atomic E-state index is 0.585. The zero-order valence-corrected chi connectivity index (χ0v) is 16.4. The van der Waals surface area contributed by atoms with E-state index in [0.717, 1.165) is 12.5 Å². The molecule has 22 heavy (non-hydrogen) atoms. The van der Waals surface area contributed by atoms with E-state index in [1.807, 2.05) is 19.1 Å². The lowest BCUT2D eigenvalue weighted by molar-refractivity contribution is 0.109. The van der Waals surface area contributed by atoms with Gasteiger partial charge in [-0.05, 0) is 13.3 Å². The first-order valence-corrected chi connectivity index (χ1v) is 11.0. The topological polar surface area (TPSA) is 27.7 Å². The minimum atomic E-state index is -2.42. The van der Waals surface area contributed by atoms with Crippen molar-refractivity contribution in [3.63, 3.8) is 0 Å². The minimum Gasteiger partial charge on any atom is -0.377 e. The fourth-order valence-electron chi connectivity index (χ4n) is 2.58. The Morgan fingerprint density at radius 3 is 1.73 bits per heavy atom. The Kier molecular flexibility index (Phi) is 15.6. The van der Waals surface area contributed by atoms with Crippen molar-refractivity contribution in [2.75, 3.05) is 20.8 Å². The maximum absolute atomic E-state index is 5.86. The van der Waals surface area contributed by atoms with Gasteiger partial charge >= 0.3 is 8.80 Å². The van der Waals surface area contributed by atoms with Crippen molar-refractivity contribution >= 4 is 8.80 Å². The van der Waals surface area contributed by atoms with Gasteiger partial charge in [0.25, 0.3) is 0 Å². The van der Waals surface area contributed by atoms with E-state index in [9.17, 15) is 0 Å². The van der Waals surface area contributed by atoms with Crippen LogP contribution in [0.5, 0.6) is 0 Å². The number of hydrogen-bond donors (Lipinski definition) is 0. The second kappa shape index (κ2) is 15.7. The van der Waals surface area contributed by atoms with Crippen LogP contribution in [0.1, 0.15) is 78.1 Å². The lowest BCUT2D eigenvalue weighted by atomic mass is 10.1. The van der Waals surface area contributed by atoms with E-state index < -0.39 is 8.80 Å². The molecular formula is C18H38O3Si. The Morgan fingerprint density at radius 1 is 0.773 bits per heavy atom. The van der Waals surface area contributed by atoms with Gasteiger partial charge in [-0.3, -0.25) is 0 Å². The molecule has 0 bridgehead atoms. The van der Waals surface area contributed by atoms with Gasteiger partial charge in [0.2, 0.25) is 0 Å². The summed E-state index contributed by atoms with van der Waals surface area (Å²) in [6, 6.07) is 0.925. The summed E-state index contributed by atoms with van der Waals surface area (Å²) < 4.78 is 17.0. The van der Waals surface area contributed by atoms with Crippen molar-refractivity contribution < 1.29 is 13.3 Å². The second-order valence-corrected chi connectivity index (χ2v) is 8.87. The average molecular weight is 331 g/mol. The number of allylic oxidation sites excluding steroid dienone is 1. The molecule has 0 aromatic carbocycles. The highest BCUT2D eigenvalue weighted by molar-refractivity contribution is 6.60. The van der Waals surface area contributed by atoms with Gasteiger partial charge in [0.05, 0.1) is 6.61 Å². The lowest BCUT2D eigenvalue weighted by Gasteiger charge is -2.25. The Balaban J connectivity index is 3.63. The summed E-state index contributed by atoms with van der Waals surface area (Å²) in [5.74, 6) is 0. The fourth-order valence-corrected chi connectivity index (χ4v) is 4.57. The monoisotopic (exact) mass is 330 g/mol. The maximum Gasteiger partial charge on any atom is 0.500 e. The number of hydrogen-bond acceptors (Lipinski definition) is 3. The third kappa shape index (κ3) is 11.4. The summed E-state index contributed by atoms with van der Waals surface area (Å²) in [4.78, 5) is 0. The van der Waals surface area contributed by atoms with Gasteiger partial charge in [-0.1, -0.05) is 76.9 Å². The van der Waals surface area contributed by atoms with Crippen molar-refractivity contribution in [2.45, 2.75) is 84.1 Å². The van der Waals surface area contributed by atoms with E-state index in [1.54, 1.807) is 14.2 Å². The maximum atomic E-state index is 5.86. The van der Waals surface area contributed by atoms with Crippen molar-refractivity contribution in [3.05, 3.63) is 12.2 Å². The summed E-state index contributed by atoms with van der Waals surface area (Å²) in [6.45, 7) is 4.85. The van der Waals surface area contributed by atoms with Crippen molar-refractivity contribution in [1.82, 2.24) is 0 Å². The zero-order valence-electron chi connectivity index (χ0n) is 15.4. The van der Waals surface area contributed by atoms with Crippen LogP contribution in [0, 0.1) is 0 Å². The van der Waals surface area contributed by atoms with Crippen LogP contribution in [0.25, 0.3) is 0 Å². The van der Waals surface area contributed by atoms with E-state index in [0.29, 0.717) is 6.61 Å². The summed E-state index contributed by atoms with van der Waals surface area (Å²) in [6.07, 6.45) is 17.4. The molecule has 132 valence electrons. The summed E-state index contributed by atoms with van der Waals surface area (Å²) >= 11 is 0. The highest BCUT2D eigenvalue weighted by Crippen LogP contribution is 2.19. The molecular weight excluding hydrogens is 292 g/mol. The summed E-state index contributed by atoms with van der Waals surface area (Å²) in [5.41, 5.74) is 0. The Morgan fingerprint density at radius 2 is 1.27 bits per heavy atom. The van der Waals surface area contributed by atoms with Crippen molar-refractivity contribution in [3.8, 4) is 0 Å². The van der Waals surface area contributed by atoms with Gasteiger partial charge in [0, 0.05) is 20.3 Å². The smallest absolute Gasteiger partial charge is 0.377 e. The summed E-state index contributed by atoms with van der Waals surface area (Å²) in [7, 11) is 0.998. The molecule has 0 radical (unpaired) electrons. The van der Waals surface area contributed by atoms with E-state index in [4.69, 9.17) is 13.3 Å². The van der Waals surface area contributed by atoms with Crippen LogP contribution in [0.2, 0.25) is 6.04 Å². The molecule has 0 unspecified atom stereocenters. The van der Waals surface area contributed by atoms with E-state index in [-0.39, 0.29) is 0 Å². The highest BCUT2D eigenvalue weighted by Gasteiger charge is 2.37. The predicted octanol–water partition coefficient (Wildman–Crippen LogP) is 5.73. The van der Waals surface area contributed by atoms with Crippen LogP contribution < -0.4 is 0 Å². The molecule has 0 saturated carbocycles. The first-order valence-electron chi connectivity index (χ1n) is 9.10. The second-order valence-electron chi connectivity index (χ2n) is 5.90. The van der Waals surface area contributed by atoms with E-state index >= 15 is 0 Å². The van der Waals surface area contributed by atoms with Crippen LogP contribution in [0.15, 0.2) is 12.2 Å². The quantitative estimate of drug-likeness (QED) is 0.205. The number of rotatable bonds is 16. The summed E-state index contributed by atoms with van der Waals surface area (Å²) in [5, 5.41) is 0. The molecule has 0 saturated heterocycles. The molecule has 0 aliphatic heterocycles. The van der Waals surface area contributed by atoms with Crippen LogP contribution in [-0.4, -0.2) is 29.6 Å². The van der Waals surface area contributed by atoms with Gasteiger partial charge in [-0.15, -0.1) is 0 Å².